The Morgan fingerprint density at radius 1 is 1.18 bits per heavy atom. The van der Waals surface area contributed by atoms with Crippen molar-refractivity contribution in [2.45, 2.75) is 24.3 Å². The molecule has 0 aliphatic heterocycles. The summed E-state index contributed by atoms with van der Waals surface area (Å²) in [5.41, 5.74) is 0.463. The van der Waals surface area contributed by atoms with E-state index in [1.54, 1.807) is 19.1 Å². The number of nitro benzene ring substituents is 1. The van der Waals surface area contributed by atoms with E-state index in [-0.39, 0.29) is 10.6 Å². The molecule has 0 saturated heterocycles. The molecule has 0 spiro atoms. The monoisotopic (exact) mass is 410 g/mol. The maximum atomic E-state index is 13.0. The minimum absolute atomic E-state index is 0.221. The molecule has 2 rings (SSSR count). The third-order valence-corrected chi connectivity index (χ3v) is 5.59. The van der Waals surface area contributed by atoms with Gasteiger partial charge in [-0.3, -0.25) is 14.9 Å². The Morgan fingerprint density at radius 3 is 2.25 bits per heavy atom. The van der Waals surface area contributed by atoms with Crippen molar-refractivity contribution in [3.63, 3.8) is 0 Å². The maximum Gasteiger partial charge on any atom is 0.324 e. The fraction of sp³-hybridized carbons (Fsp3) is 0.278. The summed E-state index contributed by atoms with van der Waals surface area (Å²) in [5, 5.41) is 10.7. The summed E-state index contributed by atoms with van der Waals surface area (Å²) in [7, 11) is -3.00. The summed E-state index contributed by atoms with van der Waals surface area (Å²) in [5.74, 6) is -1.69. The number of esters is 1. The maximum absolute atomic E-state index is 13.0. The van der Waals surface area contributed by atoms with E-state index in [9.17, 15) is 27.7 Å². The highest BCUT2D eigenvalue weighted by Crippen LogP contribution is 2.19. The van der Waals surface area contributed by atoms with Gasteiger partial charge in [0.25, 0.3) is 5.69 Å². The second-order valence-electron chi connectivity index (χ2n) is 6.18. The van der Waals surface area contributed by atoms with Crippen LogP contribution in [0.1, 0.15) is 12.5 Å². The number of hydrogen-bond acceptors (Lipinski definition) is 6. The summed E-state index contributed by atoms with van der Waals surface area (Å²) in [6, 6.07) is 8.73. The largest absolute Gasteiger partial charge is 0.468 e. The van der Waals surface area contributed by atoms with Gasteiger partial charge in [0.1, 0.15) is 11.9 Å². The van der Waals surface area contributed by atoms with Gasteiger partial charge in [0.15, 0.2) is 0 Å². The quantitative estimate of drug-likeness (QED) is 0.406. The zero-order valence-electron chi connectivity index (χ0n) is 15.2. The van der Waals surface area contributed by atoms with E-state index in [1.807, 2.05) is 0 Å². The number of nitrogens with zero attached hydrogens (tertiary/aromatic N) is 1. The number of sulfonamides is 1. The first-order chi connectivity index (χ1) is 13.1. The van der Waals surface area contributed by atoms with Gasteiger partial charge in [-0.25, -0.2) is 12.8 Å². The molecule has 0 fully saturated rings. The lowest BCUT2D eigenvalue weighted by atomic mass is 9.94. The smallest absolute Gasteiger partial charge is 0.324 e. The van der Waals surface area contributed by atoms with Crippen molar-refractivity contribution < 1.29 is 27.3 Å². The van der Waals surface area contributed by atoms with Gasteiger partial charge in [0.05, 0.1) is 16.9 Å². The van der Waals surface area contributed by atoms with Crippen LogP contribution in [0, 0.1) is 21.8 Å². The number of benzene rings is 2. The third-order valence-electron chi connectivity index (χ3n) is 4.14. The van der Waals surface area contributed by atoms with Crippen LogP contribution in [0.2, 0.25) is 0 Å². The number of rotatable bonds is 8. The van der Waals surface area contributed by atoms with E-state index < -0.39 is 38.7 Å². The van der Waals surface area contributed by atoms with Crippen molar-refractivity contribution >= 4 is 21.7 Å². The van der Waals surface area contributed by atoms with Crippen LogP contribution in [0.15, 0.2) is 53.4 Å². The lowest BCUT2D eigenvalue weighted by Gasteiger charge is -2.23. The van der Waals surface area contributed by atoms with Crippen LogP contribution in [-0.4, -0.2) is 32.5 Å². The summed E-state index contributed by atoms with van der Waals surface area (Å²) < 4.78 is 45.3. The fourth-order valence-corrected chi connectivity index (χ4v) is 3.91. The summed E-state index contributed by atoms with van der Waals surface area (Å²) in [6.07, 6.45) is 0.294. The number of nitro groups is 1. The van der Waals surface area contributed by atoms with E-state index >= 15 is 0 Å². The summed E-state index contributed by atoms with van der Waals surface area (Å²) in [6.45, 7) is 1.66. The Bertz CT molecular complexity index is 945. The molecule has 0 aliphatic rings. The Morgan fingerprint density at radius 2 is 1.75 bits per heavy atom. The normalized spacial score (nSPS) is 13.5. The zero-order valence-corrected chi connectivity index (χ0v) is 16.0. The topological polar surface area (TPSA) is 116 Å². The van der Waals surface area contributed by atoms with Gasteiger partial charge in [-0.1, -0.05) is 19.1 Å². The highest BCUT2D eigenvalue weighted by atomic mass is 32.2. The average Bonchev–Trinajstić information content (AvgIpc) is 2.67. The first-order valence-electron chi connectivity index (χ1n) is 8.23. The Balaban J connectivity index is 2.23. The van der Waals surface area contributed by atoms with Crippen LogP contribution < -0.4 is 4.72 Å². The molecule has 2 aromatic carbocycles. The van der Waals surface area contributed by atoms with Crippen molar-refractivity contribution in [3.8, 4) is 0 Å². The van der Waals surface area contributed by atoms with Crippen molar-refractivity contribution in [3.05, 3.63) is 70.0 Å². The summed E-state index contributed by atoms with van der Waals surface area (Å²) >= 11 is 0. The number of carbonyl (C=O) groups is 1. The van der Waals surface area contributed by atoms with E-state index in [0.717, 1.165) is 36.9 Å². The lowest BCUT2D eigenvalue weighted by Crippen LogP contribution is -2.46. The molecule has 0 bridgehead atoms. The number of hydrogen-bond donors (Lipinski definition) is 1. The minimum atomic E-state index is -4.13. The fourth-order valence-electron chi connectivity index (χ4n) is 2.62. The number of nitrogens with one attached hydrogen (secondary N) is 1. The molecule has 0 saturated carbocycles. The molecule has 0 aliphatic carbocycles. The van der Waals surface area contributed by atoms with Gasteiger partial charge in [-0.05, 0) is 42.2 Å². The van der Waals surface area contributed by atoms with Crippen molar-refractivity contribution in [1.29, 1.82) is 0 Å². The Kier molecular flexibility index (Phi) is 6.81. The number of methoxy groups -OCH3 is 1. The van der Waals surface area contributed by atoms with Crippen LogP contribution in [0.5, 0.6) is 0 Å². The molecule has 8 nitrogen and oxygen atoms in total. The first kappa shape index (κ1) is 21.5. The van der Waals surface area contributed by atoms with Crippen LogP contribution in [0.4, 0.5) is 10.1 Å². The van der Waals surface area contributed by atoms with Gasteiger partial charge in [0, 0.05) is 12.1 Å². The van der Waals surface area contributed by atoms with Crippen LogP contribution in [0.25, 0.3) is 0 Å². The van der Waals surface area contributed by atoms with Crippen LogP contribution in [0.3, 0.4) is 0 Å². The van der Waals surface area contributed by atoms with Gasteiger partial charge in [-0.15, -0.1) is 0 Å². The second-order valence-corrected chi connectivity index (χ2v) is 7.89. The summed E-state index contributed by atoms with van der Waals surface area (Å²) in [4.78, 5) is 22.0. The molecule has 10 heteroatoms. The van der Waals surface area contributed by atoms with Crippen molar-refractivity contribution in [2.24, 2.45) is 5.92 Å². The zero-order chi connectivity index (χ0) is 20.9. The minimum Gasteiger partial charge on any atom is -0.468 e. The second kappa shape index (κ2) is 8.89. The van der Waals surface area contributed by atoms with E-state index in [0.29, 0.717) is 6.42 Å². The standard InChI is InChI=1S/C18H19FN2O6S/c1-12(11-13-3-5-14(19)6-4-13)17(18(22)27-2)20-28(25,26)16-9-7-15(8-10-16)21(23)24/h3-10,12,17,20H,11H2,1-2H3/t12-,17-/m0/s1. The third kappa shape index (κ3) is 5.33. The average molecular weight is 410 g/mol. The number of halogens is 1. The molecule has 28 heavy (non-hydrogen) atoms. The lowest BCUT2D eigenvalue weighted by molar-refractivity contribution is -0.384. The number of carbonyl (C=O) groups excluding carboxylic acids is 1. The molecule has 2 atom stereocenters. The van der Waals surface area contributed by atoms with E-state index in [2.05, 4.69) is 4.72 Å². The predicted octanol–water partition coefficient (Wildman–Crippen LogP) is 2.43. The molecule has 0 unspecified atom stereocenters. The molecule has 2 aromatic rings. The molecule has 0 heterocycles. The van der Waals surface area contributed by atoms with E-state index in [4.69, 9.17) is 4.74 Å². The molecular formula is C18H19FN2O6S. The number of ether oxygens (including phenoxy) is 1. The Hall–Kier alpha value is -2.85. The molecular weight excluding hydrogens is 391 g/mol. The molecule has 0 aromatic heterocycles. The van der Waals surface area contributed by atoms with Crippen LogP contribution >= 0.6 is 0 Å². The molecule has 0 radical (unpaired) electrons. The highest BCUT2D eigenvalue weighted by molar-refractivity contribution is 7.89. The molecule has 0 amide bonds. The highest BCUT2D eigenvalue weighted by Gasteiger charge is 2.31. The van der Waals surface area contributed by atoms with Gasteiger partial charge < -0.3 is 4.74 Å². The number of non-ortho nitro benzene ring substituents is 1. The molecule has 150 valence electrons. The SMILES string of the molecule is COC(=O)[C@@H](NS(=O)(=O)c1ccc([N+](=O)[O-])cc1)[C@@H](C)Cc1ccc(F)cc1. The first-order valence-corrected chi connectivity index (χ1v) is 9.71. The van der Waals surface area contributed by atoms with Gasteiger partial charge in [-0.2, -0.15) is 4.72 Å². The molecule has 1 N–H and O–H groups in total. The van der Waals surface area contributed by atoms with Crippen molar-refractivity contribution in [1.82, 2.24) is 4.72 Å². The van der Waals surface area contributed by atoms with E-state index in [1.165, 1.54) is 12.1 Å². The van der Waals surface area contributed by atoms with Gasteiger partial charge in [0.2, 0.25) is 10.0 Å². The van der Waals surface area contributed by atoms with Crippen LogP contribution in [-0.2, 0) is 26.0 Å². The van der Waals surface area contributed by atoms with Crippen molar-refractivity contribution in [2.75, 3.05) is 7.11 Å². The van der Waals surface area contributed by atoms with Gasteiger partial charge >= 0.3 is 5.97 Å². The predicted molar refractivity (Wildman–Crippen MR) is 98.5 cm³/mol. The Labute approximate surface area is 161 Å².